The van der Waals surface area contributed by atoms with E-state index in [0.29, 0.717) is 44.6 Å². The average molecular weight is 412 g/mol. The topological polar surface area (TPSA) is 94.6 Å². The Morgan fingerprint density at radius 1 is 1.23 bits per heavy atom. The zero-order valence-electron chi connectivity index (χ0n) is 17.6. The molecule has 30 heavy (non-hydrogen) atoms. The summed E-state index contributed by atoms with van der Waals surface area (Å²) in [4.78, 5) is 39.4. The van der Waals surface area contributed by atoms with Gasteiger partial charge in [0.15, 0.2) is 0 Å². The second-order valence-electron chi connectivity index (χ2n) is 7.63. The smallest absolute Gasteiger partial charge is 0.263 e. The number of nitrogens with zero attached hydrogens (tertiary/aromatic N) is 2. The summed E-state index contributed by atoms with van der Waals surface area (Å²) >= 11 is 0. The van der Waals surface area contributed by atoms with Crippen LogP contribution in [0.15, 0.2) is 41.3 Å². The van der Waals surface area contributed by atoms with E-state index in [1.165, 1.54) is 4.57 Å². The van der Waals surface area contributed by atoms with E-state index in [1.807, 2.05) is 37.3 Å². The summed E-state index contributed by atoms with van der Waals surface area (Å²) in [7, 11) is 0. The van der Waals surface area contributed by atoms with Gasteiger partial charge < -0.3 is 19.9 Å². The predicted molar refractivity (Wildman–Crippen MR) is 114 cm³/mol. The van der Waals surface area contributed by atoms with Gasteiger partial charge in [0.1, 0.15) is 11.7 Å². The van der Waals surface area contributed by atoms with Crippen LogP contribution >= 0.6 is 0 Å². The molecule has 3 rings (SSSR count). The summed E-state index contributed by atoms with van der Waals surface area (Å²) in [6.07, 6.45) is 3.17. The third kappa shape index (κ3) is 4.79. The molecule has 0 saturated heterocycles. The summed E-state index contributed by atoms with van der Waals surface area (Å²) in [5.41, 5.74) is 7.79. The minimum atomic E-state index is -0.718. The first kappa shape index (κ1) is 21.8. The van der Waals surface area contributed by atoms with Crippen molar-refractivity contribution in [2.45, 2.75) is 52.3 Å². The van der Waals surface area contributed by atoms with E-state index < -0.39 is 12.0 Å². The molecule has 0 fully saturated rings. The van der Waals surface area contributed by atoms with Crippen LogP contribution in [0.2, 0.25) is 0 Å². The molecule has 1 aliphatic rings. The number of nitrogens with two attached hydrogens (primary N) is 1. The second kappa shape index (κ2) is 9.71. The first-order valence-electron chi connectivity index (χ1n) is 10.4. The molecule has 1 aromatic heterocycles. The van der Waals surface area contributed by atoms with E-state index in [-0.39, 0.29) is 17.0 Å². The zero-order valence-corrected chi connectivity index (χ0v) is 17.6. The standard InChI is InChI=1S/C23H29N3O4/c1-3-13-30-16(2)22(28)25-12-10-19-18(14-25)15-26(23(29)20(19)21(24)27)11-9-17-7-5-4-6-8-17/h4-8,15-16H,3,9-14H2,1-2H3,(H2,24,27). The maximum absolute atomic E-state index is 12.9. The predicted octanol–water partition coefficient (Wildman–Crippen LogP) is 1.89. The highest BCUT2D eigenvalue weighted by atomic mass is 16.5. The minimum Gasteiger partial charge on any atom is -0.369 e. The molecule has 7 heteroatoms. The Labute approximate surface area is 176 Å². The number of primary amides is 1. The van der Waals surface area contributed by atoms with Crippen LogP contribution in [0.4, 0.5) is 0 Å². The van der Waals surface area contributed by atoms with Crippen molar-refractivity contribution in [2.24, 2.45) is 5.73 Å². The zero-order chi connectivity index (χ0) is 21.7. The van der Waals surface area contributed by atoms with Gasteiger partial charge in [0, 0.05) is 32.4 Å². The van der Waals surface area contributed by atoms with E-state index in [9.17, 15) is 14.4 Å². The molecule has 160 valence electrons. The molecule has 0 bridgehead atoms. The van der Waals surface area contributed by atoms with E-state index in [4.69, 9.17) is 10.5 Å². The number of carbonyl (C=O) groups is 2. The van der Waals surface area contributed by atoms with E-state index in [2.05, 4.69) is 0 Å². The van der Waals surface area contributed by atoms with Crippen molar-refractivity contribution in [3.63, 3.8) is 0 Å². The summed E-state index contributed by atoms with van der Waals surface area (Å²) < 4.78 is 7.10. The number of amides is 2. The lowest BCUT2D eigenvalue weighted by atomic mass is 9.95. The fourth-order valence-corrected chi connectivity index (χ4v) is 3.84. The molecular formula is C23H29N3O4. The van der Waals surface area contributed by atoms with Gasteiger partial charge in [-0.25, -0.2) is 0 Å². The number of pyridine rings is 1. The minimum absolute atomic E-state index is 0.0444. The number of benzene rings is 1. The van der Waals surface area contributed by atoms with Crippen molar-refractivity contribution < 1.29 is 14.3 Å². The van der Waals surface area contributed by atoms with Gasteiger partial charge in [-0.05, 0) is 42.9 Å². The number of hydrogen-bond donors (Lipinski definition) is 1. The van der Waals surface area contributed by atoms with Gasteiger partial charge in [0.05, 0.1) is 0 Å². The van der Waals surface area contributed by atoms with Gasteiger partial charge in [0.25, 0.3) is 17.4 Å². The largest absolute Gasteiger partial charge is 0.369 e. The van der Waals surface area contributed by atoms with Crippen molar-refractivity contribution in [1.29, 1.82) is 0 Å². The van der Waals surface area contributed by atoms with Crippen LogP contribution < -0.4 is 11.3 Å². The number of rotatable bonds is 8. The van der Waals surface area contributed by atoms with Crippen LogP contribution in [0.1, 0.15) is 47.3 Å². The van der Waals surface area contributed by atoms with Crippen LogP contribution in [-0.2, 0) is 35.5 Å². The molecule has 0 saturated carbocycles. The van der Waals surface area contributed by atoms with E-state index in [1.54, 1.807) is 18.0 Å². The third-order valence-electron chi connectivity index (χ3n) is 5.43. The summed E-state index contributed by atoms with van der Waals surface area (Å²) in [6, 6.07) is 9.83. The molecule has 0 spiro atoms. The Kier molecular flexibility index (Phi) is 7.05. The molecule has 1 aliphatic heterocycles. The molecule has 2 aromatic rings. The maximum atomic E-state index is 12.9. The van der Waals surface area contributed by atoms with Crippen LogP contribution in [0, 0.1) is 0 Å². The summed E-state index contributed by atoms with van der Waals surface area (Å²) in [5, 5.41) is 0. The number of aromatic nitrogens is 1. The summed E-state index contributed by atoms with van der Waals surface area (Å²) in [6.45, 7) is 5.47. The van der Waals surface area contributed by atoms with E-state index in [0.717, 1.165) is 17.5 Å². The Hall–Kier alpha value is -2.93. The molecule has 1 atom stereocenters. The highest BCUT2D eigenvalue weighted by Gasteiger charge is 2.29. The van der Waals surface area contributed by atoms with Gasteiger partial charge in [-0.1, -0.05) is 37.3 Å². The number of fused-ring (bicyclic) bond motifs is 1. The lowest BCUT2D eigenvalue weighted by Gasteiger charge is -2.32. The first-order valence-corrected chi connectivity index (χ1v) is 10.4. The van der Waals surface area contributed by atoms with Gasteiger partial charge in [-0.3, -0.25) is 14.4 Å². The monoisotopic (exact) mass is 411 g/mol. The Morgan fingerprint density at radius 2 is 1.97 bits per heavy atom. The Bertz CT molecular complexity index is 968. The van der Waals surface area contributed by atoms with Crippen molar-refractivity contribution in [3.05, 3.63) is 69.1 Å². The maximum Gasteiger partial charge on any atom is 0.263 e. The van der Waals surface area contributed by atoms with Crippen LogP contribution in [0.5, 0.6) is 0 Å². The number of carbonyl (C=O) groups excluding carboxylic acids is 2. The number of hydrogen-bond acceptors (Lipinski definition) is 4. The molecule has 7 nitrogen and oxygen atoms in total. The van der Waals surface area contributed by atoms with Crippen LogP contribution in [0.25, 0.3) is 0 Å². The van der Waals surface area contributed by atoms with Crippen molar-refractivity contribution in [1.82, 2.24) is 9.47 Å². The Balaban J connectivity index is 1.86. The molecule has 0 radical (unpaired) electrons. The van der Waals surface area contributed by atoms with Crippen LogP contribution in [0.3, 0.4) is 0 Å². The fraction of sp³-hybridized carbons (Fsp3) is 0.435. The summed E-state index contributed by atoms with van der Waals surface area (Å²) in [5.74, 6) is -0.804. The highest BCUT2D eigenvalue weighted by Crippen LogP contribution is 2.22. The molecule has 0 aliphatic carbocycles. The lowest BCUT2D eigenvalue weighted by molar-refractivity contribution is -0.143. The normalized spacial score (nSPS) is 14.3. The van der Waals surface area contributed by atoms with Crippen molar-refractivity contribution in [3.8, 4) is 0 Å². The second-order valence-corrected chi connectivity index (χ2v) is 7.63. The number of ether oxygens (including phenoxy) is 1. The van der Waals surface area contributed by atoms with Crippen molar-refractivity contribution >= 4 is 11.8 Å². The quantitative estimate of drug-likeness (QED) is 0.718. The molecule has 2 amide bonds. The number of aryl methyl sites for hydroxylation is 2. The molecular weight excluding hydrogens is 382 g/mol. The van der Waals surface area contributed by atoms with Gasteiger partial charge in [-0.15, -0.1) is 0 Å². The molecule has 1 unspecified atom stereocenters. The van der Waals surface area contributed by atoms with Crippen LogP contribution in [-0.4, -0.2) is 40.5 Å². The SMILES string of the molecule is CCCOC(C)C(=O)N1CCc2c(cn(CCc3ccccc3)c(=O)c2C(N)=O)C1. The molecule has 2 heterocycles. The highest BCUT2D eigenvalue weighted by molar-refractivity contribution is 5.94. The van der Waals surface area contributed by atoms with Gasteiger partial charge >= 0.3 is 0 Å². The lowest BCUT2D eigenvalue weighted by Crippen LogP contribution is -2.44. The average Bonchev–Trinajstić information content (AvgIpc) is 2.75. The third-order valence-corrected chi connectivity index (χ3v) is 5.43. The molecule has 2 N–H and O–H groups in total. The fourth-order valence-electron chi connectivity index (χ4n) is 3.84. The van der Waals surface area contributed by atoms with Crippen molar-refractivity contribution in [2.75, 3.05) is 13.2 Å². The molecule has 1 aromatic carbocycles. The first-order chi connectivity index (χ1) is 14.4. The van der Waals surface area contributed by atoms with Gasteiger partial charge in [-0.2, -0.15) is 0 Å². The van der Waals surface area contributed by atoms with E-state index >= 15 is 0 Å². The Morgan fingerprint density at radius 3 is 2.63 bits per heavy atom. The van der Waals surface area contributed by atoms with Gasteiger partial charge in [0.2, 0.25) is 0 Å².